The van der Waals surface area contributed by atoms with Gasteiger partial charge in [0.1, 0.15) is 0 Å². The molecule has 0 spiro atoms. The van der Waals surface area contributed by atoms with Gasteiger partial charge in [0.05, 0.1) is 7.78 Å². The molecule has 1 aliphatic heterocycles. The van der Waals surface area contributed by atoms with Crippen LogP contribution in [0, 0.1) is 0 Å². The molecule has 1 fully saturated rings. The number of rotatable bonds is 0. The standard InChI is InChI=1S/C4H8OS2/c5-7-3-1-2-6-4-7/h1-4H2/i4D2. The van der Waals surface area contributed by atoms with Gasteiger partial charge in [-0.2, -0.15) is 0 Å². The van der Waals surface area contributed by atoms with Crippen molar-refractivity contribution >= 4 is 22.6 Å². The van der Waals surface area contributed by atoms with Crippen molar-refractivity contribution in [1.29, 1.82) is 0 Å². The quantitative estimate of drug-likeness (QED) is 0.493. The Morgan fingerprint density at radius 2 is 2.71 bits per heavy atom. The minimum absolute atomic E-state index is 0.528. The Morgan fingerprint density at radius 3 is 3.14 bits per heavy atom. The Hall–Kier alpha value is 0.500. The van der Waals surface area contributed by atoms with Gasteiger partial charge in [-0.15, -0.1) is 11.8 Å². The minimum Gasteiger partial charge on any atom is -0.259 e. The van der Waals surface area contributed by atoms with Crippen molar-refractivity contribution in [2.24, 2.45) is 0 Å². The van der Waals surface area contributed by atoms with Gasteiger partial charge in [-0.05, 0) is 12.2 Å². The van der Waals surface area contributed by atoms with Gasteiger partial charge in [0.15, 0.2) is 0 Å². The van der Waals surface area contributed by atoms with Crippen LogP contribution in [0.25, 0.3) is 0 Å². The first-order valence-electron chi connectivity index (χ1n) is 3.15. The van der Waals surface area contributed by atoms with Crippen LogP contribution in [-0.2, 0) is 10.8 Å². The van der Waals surface area contributed by atoms with E-state index in [-0.39, 0.29) is 0 Å². The fourth-order valence-electron chi connectivity index (χ4n) is 0.411. The first kappa shape index (κ1) is 3.51. The first-order valence-corrected chi connectivity index (χ1v) is 4.46. The van der Waals surface area contributed by atoms with E-state index in [9.17, 15) is 4.21 Å². The van der Waals surface area contributed by atoms with Crippen LogP contribution in [0.4, 0.5) is 0 Å². The van der Waals surface area contributed by atoms with Gasteiger partial charge < -0.3 is 0 Å². The maximum absolute atomic E-state index is 10.8. The van der Waals surface area contributed by atoms with E-state index >= 15 is 0 Å². The fourth-order valence-corrected chi connectivity index (χ4v) is 2.48. The SMILES string of the molecule is [2H]C1([2H])SCCCS1=O. The molecule has 0 bridgehead atoms. The molecule has 0 aliphatic carbocycles. The van der Waals surface area contributed by atoms with E-state index in [0.717, 1.165) is 23.9 Å². The minimum atomic E-state index is -1.47. The van der Waals surface area contributed by atoms with E-state index in [1.54, 1.807) is 0 Å². The molecule has 0 radical (unpaired) electrons. The molecule has 0 aromatic heterocycles. The third-order valence-corrected chi connectivity index (χ3v) is 3.10. The monoisotopic (exact) mass is 138 g/mol. The molecule has 1 unspecified atom stereocenters. The highest BCUT2D eigenvalue weighted by Gasteiger charge is 2.04. The molecule has 1 nitrogen and oxygen atoms in total. The Kier molecular flexibility index (Phi) is 1.37. The van der Waals surface area contributed by atoms with Crippen LogP contribution in [0.2, 0.25) is 0 Å². The zero-order valence-corrected chi connectivity index (χ0v) is 5.48. The summed E-state index contributed by atoms with van der Waals surface area (Å²) in [6, 6.07) is 0. The summed E-state index contributed by atoms with van der Waals surface area (Å²) in [7, 11) is -1.25. The molecule has 0 saturated carbocycles. The summed E-state index contributed by atoms with van der Waals surface area (Å²) in [6.07, 6.45) is 0.886. The lowest BCUT2D eigenvalue weighted by molar-refractivity contribution is 0.684. The largest absolute Gasteiger partial charge is 0.259 e. The molecular formula is C4H8OS2. The van der Waals surface area contributed by atoms with Crippen molar-refractivity contribution in [2.75, 3.05) is 16.5 Å². The lowest BCUT2D eigenvalue weighted by Crippen LogP contribution is -2.07. The van der Waals surface area contributed by atoms with E-state index in [2.05, 4.69) is 0 Å². The molecule has 0 amide bonds. The fraction of sp³-hybridized carbons (Fsp3) is 1.00. The van der Waals surface area contributed by atoms with Gasteiger partial charge >= 0.3 is 0 Å². The summed E-state index contributed by atoms with van der Waals surface area (Å²) in [5, 5.41) is -1.47. The van der Waals surface area contributed by atoms with E-state index in [0.29, 0.717) is 5.75 Å². The van der Waals surface area contributed by atoms with Gasteiger partial charge in [-0.3, -0.25) is 4.21 Å². The van der Waals surface area contributed by atoms with Crippen LogP contribution >= 0.6 is 11.8 Å². The Bertz CT molecular complexity index is 137. The highest BCUT2D eigenvalue weighted by atomic mass is 32.2. The van der Waals surface area contributed by atoms with Crippen molar-refractivity contribution in [3.63, 3.8) is 0 Å². The average molecular weight is 138 g/mol. The maximum atomic E-state index is 10.8. The molecule has 0 aromatic rings. The lowest BCUT2D eigenvalue weighted by Gasteiger charge is -2.06. The number of hydrogen-bond donors (Lipinski definition) is 0. The molecule has 42 valence electrons. The smallest absolute Gasteiger partial charge is 0.0692 e. The summed E-state index contributed by atoms with van der Waals surface area (Å²) in [5.74, 6) is 1.33. The summed E-state index contributed by atoms with van der Waals surface area (Å²) in [5.41, 5.74) is 0. The molecule has 1 rings (SSSR count). The van der Waals surface area contributed by atoms with Crippen LogP contribution < -0.4 is 0 Å². The van der Waals surface area contributed by atoms with Crippen LogP contribution in [0.15, 0.2) is 0 Å². The van der Waals surface area contributed by atoms with Crippen LogP contribution in [0.3, 0.4) is 0 Å². The van der Waals surface area contributed by atoms with Crippen LogP contribution in [-0.4, -0.2) is 20.8 Å². The maximum Gasteiger partial charge on any atom is 0.0692 e. The topological polar surface area (TPSA) is 17.1 Å². The van der Waals surface area contributed by atoms with Crippen LogP contribution in [0.5, 0.6) is 0 Å². The van der Waals surface area contributed by atoms with E-state index in [1.165, 1.54) is 0 Å². The predicted molar refractivity (Wildman–Crippen MR) is 35.0 cm³/mol. The van der Waals surface area contributed by atoms with Crippen molar-refractivity contribution in [1.82, 2.24) is 0 Å². The second-order valence-electron chi connectivity index (χ2n) is 1.33. The number of hydrogen-bond acceptors (Lipinski definition) is 2. The molecule has 1 heterocycles. The number of thioether (sulfide) groups is 1. The Labute approximate surface area is 53.1 Å². The van der Waals surface area contributed by atoms with E-state index in [4.69, 9.17) is 2.74 Å². The van der Waals surface area contributed by atoms with Crippen molar-refractivity contribution in [3.05, 3.63) is 0 Å². The molecule has 7 heavy (non-hydrogen) atoms. The molecule has 0 N–H and O–H groups in total. The highest BCUT2D eigenvalue weighted by Crippen LogP contribution is 2.11. The van der Waals surface area contributed by atoms with Gasteiger partial charge in [-0.25, -0.2) is 0 Å². The van der Waals surface area contributed by atoms with Crippen molar-refractivity contribution in [2.45, 2.75) is 6.42 Å². The predicted octanol–water partition coefficient (Wildman–Crippen LogP) is 0.829. The van der Waals surface area contributed by atoms with Gasteiger partial charge in [0, 0.05) is 16.6 Å². The average Bonchev–Trinajstić information content (AvgIpc) is 1.77. The lowest BCUT2D eigenvalue weighted by atomic mass is 10.6. The second kappa shape index (κ2) is 2.72. The molecular weight excluding hydrogens is 128 g/mol. The normalized spacial score (nSPS) is 44.3. The molecule has 1 aliphatic rings. The van der Waals surface area contributed by atoms with E-state index < -0.39 is 15.8 Å². The van der Waals surface area contributed by atoms with Crippen molar-refractivity contribution < 1.29 is 6.95 Å². The van der Waals surface area contributed by atoms with Gasteiger partial charge in [0.2, 0.25) is 0 Å². The summed E-state index contributed by atoms with van der Waals surface area (Å²) in [6.45, 7) is 0. The third kappa shape index (κ3) is 1.82. The van der Waals surface area contributed by atoms with Gasteiger partial charge in [0.25, 0.3) is 0 Å². The zero-order valence-electron chi connectivity index (χ0n) is 5.85. The zero-order chi connectivity index (χ0) is 6.91. The van der Waals surface area contributed by atoms with Crippen molar-refractivity contribution in [3.8, 4) is 0 Å². The summed E-state index contributed by atoms with van der Waals surface area (Å²) >= 11 is 1.16. The Morgan fingerprint density at radius 1 is 1.86 bits per heavy atom. The van der Waals surface area contributed by atoms with Gasteiger partial charge in [-0.1, -0.05) is 0 Å². The highest BCUT2D eigenvalue weighted by molar-refractivity contribution is 8.10. The first-order chi connectivity index (χ1) is 4.13. The second-order valence-corrected chi connectivity index (χ2v) is 3.80. The molecule has 1 saturated heterocycles. The molecule has 1 atom stereocenters. The van der Waals surface area contributed by atoms with E-state index in [1.807, 2.05) is 0 Å². The Balaban J connectivity index is 2.60. The molecule has 3 heteroatoms. The summed E-state index contributed by atoms with van der Waals surface area (Å²) in [4.78, 5) is 0. The van der Waals surface area contributed by atoms with Crippen LogP contribution in [0.1, 0.15) is 9.16 Å². The molecule has 0 aromatic carbocycles. The summed E-state index contributed by atoms with van der Waals surface area (Å²) < 4.78 is 25.2. The third-order valence-electron chi connectivity index (χ3n) is 0.728.